The zero-order chi connectivity index (χ0) is 8.10. The third-order valence-corrected chi connectivity index (χ3v) is 2.36. The zero-order valence-electron chi connectivity index (χ0n) is 6.93. The first kappa shape index (κ1) is 8.52. The molecule has 0 aromatic rings. The van der Waals surface area contributed by atoms with Gasteiger partial charge in [-0.3, -0.25) is 0 Å². The van der Waals surface area contributed by atoms with Crippen LogP contribution >= 0.6 is 0 Å². The molecule has 1 aliphatic rings. The molecule has 0 heterocycles. The molecule has 0 amide bonds. The van der Waals surface area contributed by atoms with E-state index in [2.05, 4.69) is 0 Å². The van der Waals surface area contributed by atoms with Gasteiger partial charge >= 0.3 is 5.97 Å². The monoisotopic (exact) mass is 170 g/mol. The molecule has 11 heavy (non-hydrogen) atoms. The van der Waals surface area contributed by atoms with Gasteiger partial charge in [0.1, 0.15) is 0 Å². The van der Waals surface area contributed by atoms with Crippen molar-refractivity contribution in [1.29, 1.82) is 0 Å². The first-order chi connectivity index (χ1) is 5.34. The molecule has 0 bridgehead atoms. The number of hydrogen-bond acceptors (Lipinski definition) is 2. The summed E-state index contributed by atoms with van der Waals surface area (Å²) in [6, 6.07) is 0. The maximum atomic E-state index is 11.1. The van der Waals surface area contributed by atoms with Gasteiger partial charge in [0.25, 0.3) is 0 Å². The van der Waals surface area contributed by atoms with Crippen LogP contribution in [0.1, 0.15) is 32.1 Å². The van der Waals surface area contributed by atoms with Crippen LogP contribution in [0.15, 0.2) is 11.6 Å². The molecular weight excluding hydrogens is 156 g/mol. The molecule has 0 aromatic heterocycles. The minimum absolute atomic E-state index is 0.0847. The van der Waals surface area contributed by atoms with Gasteiger partial charge in [-0.1, -0.05) is 12.5 Å². The molecule has 1 rings (SSSR count). The van der Waals surface area contributed by atoms with E-state index in [4.69, 9.17) is 4.43 Å². The van der Waals surface area contributed by atoms with E-state index in [0.717, 1.165) is 24.8 Å². The summed E-state index contributed by atoms with van der Waals surface area (Å²) in [5, 5.41) is 0. The fraction of sp³-hybridized carbons (Fsp3) is 0.625. The van der Waals surface area contributed by atoms with Gasteiger partial charge in [-0.2, -0.15) is 0 Å². The van der Waals surface area contributed by atoms with Crippen LogP contribution in [0.5, 0.6) is 0 Å². The molecule has 0 aliphatic heterocycles. The van der Waals surface area contributed by atoms with Gasteiger partial charge in [-0.15, -0.1) is 0 Å². The second-order valence-electron chi connectivity index (χ2n) is 2.82. The molecule has 0 N–H and O–H groups in total. The molecule has 0 fully saturated rings. The van der Waals surface area contributed by atoms with Crippen LogP contribution in [-0.2, 0) is 9.22 Å². The van der Waals surface area contributed by atoms with Crippen molar-refractivity contribution >= 4 is 16.5 Å². The molecule has 0 atom stereocenters. The summed E-state index contributed by atoms with van der Waals surface area (Å²) in [6.45, 7) is 0. The first-order valence-electron chi connectivity index (χ1n) is 4.12. The number of rotatable bonds is 1. The highest BCUT2D eigenvalue weighted by Crippen LogP contribution is 2.17. The average molecular weight is 170 g/mol. The highest BCUT2D eigenvalue weighted by Gasteiger charge is 2.09. The zero-order valence-corrected chi connectivity index (χ0v) is 8.93. The van der Waals surface area contributed by atoms with Crippen molar-refractivity contribution in [3.63, 3.8) is 0 Å². The standard InChI is InChI=1S/C8H14O2Si/c9-8(10-11)7-5-3-1-2-4-6-7/h5H,1-4,6H2,11H3. The molecular formula is C8H14O2Si. The maximum Gasteiger partial charge on any atom is 0.319 e. The van der Waals surface area contributed by atoms with E-state index in [9.17, 15) is 4.79 Å². The number of hydrogen-bond donors (Lipinski definition) is 0. The largest absolute Gasteiger partial charge is 0.526 e. The molecule has 0 aromatic carbocycles. The minimum atomic E-state index is -0.0847. The fourth-order valence-corrected chi connectivity index (χ4v) is 1.59. The molecule has 0 spiro atoms. The summed E-state index contributed by atoms with van der Waals surface area (Å²) in [4.78, 5) is 11.1. The van der Waals surface area contributed by atoms with Crippen LogP contribution in [0.2, 0.25) is 0 Å². The van der Waals surface area contributed by atoms with Gasteiger partial charge < -0.3 is 4.43 Å². The smallest absolute Gasteiger partial charge is 0.319 e. The van der Waals surface area contributed by atoms with E-state index in [-0.39, 0.29) is 5.97 Å². The van der Waals surface area contributed by atoms with E-state index in [1.54, 1.807) is 0 Å². The normalized spacial score (nSPS) is 18.7. The number of carbonyl (C=O) groups is 1. The lowest BCUT2D eigenvalue weighted by atomic mass is 10.1. The third kappa shape index (κ3) is 2.50. The van der Waals surface area contributed by atoms with Gasteiger partial charge in [0.2, 0.25) is 10.5 Å². The Morgan fingerprint density at radius 3 is 3.00 bits per heavy atom. The maximum absolute atomic E-state index is 11.1. The lowest BCUT2D eigenvalue weighted by Crippen LogP contribution is -2.04. The average Bonchev–Trinajstić information content (AvgIpc) is 2.30. The topological polar surface area (TPSA) is 26.3 Å². The van der Waals surface area contributed by atoms with Crippen molar-refractivity contribution in [3.8, 4) is 0 Å². The van der Waals surface area contributed by atoms with Crippen LogP contribution < -0.4 is 0 Å². The van der Waals surface area contributed by atoms with Gasteiger partial charge in [-0.25, -0.2) is 4.79 Å². The fourth-order valence-electron chi connectivity index (χ4n) is 1.33. The van der Waals surface area contributed by atoms with Crippen molar-refractivity contribution in [2.24, 2.45) is 0 Å². The Labute approximate surface area is 70.2 Å². The highest BCUT2D eigenvalue weighted by atomic mass is 28.2. The van der Waals surface area contributed by atoms with E-state index in [0.29, 0.717) is 10.5 Å². The molecule has 0 saturated heterocycles. The van der Waals surface area contributed by atoms with Crippen LogP contribution in [0.4, 0.5) is 0 Å². The van der Waals surface area contributed by atoms with Crippen LogP contribution in [0.25, 0.3) is 0 Å². The molecule has 0 saturated carbocycles. The van der Waals surface area contributed by atoms with Crippen molar-refractivity contribution in [1.82, 2.24) is 0 Å². The van der Waals surface area contributed by atoms with Crippen molar-refractivity contribution < 1.29 is 9.22 Å². The van der Waals surface area contributed by atoms with E-state index < -0.39 is 0 Å². The Morgan fingerprint density at radius 1 is 1.45 bits per heavy atom. The molecule has 1 aliphatic carbocycles. The van der Waals surface area contributed by atoms with Gasteiger partial charge in [0, 0.05) is 5.57 Å². The summed E-state index contributed by atoms with van der Waals surface area (Å²) >= 11 is 0. The predicted molar refractivity (Wildman–Crippen MR) is 47.2 cm³/mol. The Bertz CT molecular complexity index is 175. The molecule has 3 heteroatoms. The first-order valence-corrected chi connectivity index (χ1v) is 4.93. The Kier molecular flexibility index (Phi) is 3.36. The van der Waals surface area contributed by atoms with E-state index in [1.807, 2.05) is 6.08 Å². The van der Waals surface area contributed by atoms with Crippen LogP contribution in [0, 0.1) is 0 Å². The number of carbonyl (C=O) groups excluding carboxylic acids is 1. The SMILES string of the molecule is O=C(O[SiH3])C1=CCCCCC1. The highest BCUT2D eigenvalue weighted by molar-refractivity contribution is 6.09. The van der Waals surface area contributed by atoms with Crippen molar-refractivity contribution in [3.05, 3.63) is 11.6 Å². The lowest BCUT2D eigenvalue weighted by molar-refractivity contribution is -0.130. The summed E-state index contributed by atoms with van der Waals surface area (Å²) in [5.41, 5.74) is 0.900. The lowest BCUT2D eigenvalue weighted by Gasteiger charge is -2.01. The molecule has 62 valence electrons. The minimum Gasteiger partial charge on any atom is -0.526 e. The van der Waals surface area contributed by atoms with Crippen molar-refractivity contribution in [2.45, 2.75) is 32.1 Å². The second kappa shape index (κ2) is 4.33. The molecule has 0 radical (unpaired) electrons. The third-order valence-electron chi connectivity index (χ3n) is 1.99. The predicted octanol–water partition coefficient (Wildman–Crippen LogP) is 0.700. The Balaban J connectivity index is 2.53. The molecule has 0 unspecified atom stereocenters. The summed E-state index contributed by atoms with van der Waals surface area (Å²) in [6.07, 6.45) is 7.61. The van der Waals surface area contributed by atoms with Gasteiger partial charge in [0.05, 0.1) is 0 Å². The summed E-state index contributed by atoms with van der Waals surface area (Å²) in [5.74, 6) is -0.0847. The Morgan fingerprint density at radius 2 is 2.27 bits per heavy atom. The molecule has 2 nitrogen and oxygen atoms in total. The second-order valence-corrected chi connectivity index (χ2v) is 3.23. The summed E-state index contributed by atoms with van der Waals surface area (Å²) in [7, 11) is 0.515. The van der Waals surface area contributed by atoms with Crippen LogP contribution in [0.3, 0.4) is 0 Å². The van der Waals surface area contributed by atoms with E-state index in [1.165, 1.54) is 12.8 Å². The number of allylic oxidation sites excluding steroid dienone is 1. The Hall–Kier alpha value is -0.573. The van der Waals surface area contributed by atoms with Gasteiger partial charge in [0.15, 0.2) is 0 Å². The van der Waals surface area contributed by atoms with E-state index >= 15 is 0 Å². The van der Waals surface area contributed by atoms with Crippen molar-refractivity contribution in [2.75, 3.05) is 0 Å². The summed E-state index contributed by atoms with van der Waals surface area (Å²) < 4.78 is 4.78. The van der Waals surface area contributed by atoms with Gasteiger partial charge in [-0.05, 0) is 25.7 Å². The quantitative estimate of drug-likeness (QED) is 0.542. The van der Waals surface area contributed by atoms with Crippen LogP contribution in [-0.4, -0.2) is 16.5 Å².